The van der Waals surface area contributed by atoms with Crippen molar-refractivity contribution >= 4 is 40.1 Å². The third-order valence-electron chi connectivity index (χ3n) is 4.19. The summed E-state index contributed by atoms with van der Waals surface area (Å²) < 4.78 is 14.3. The molecule has 0 fully saturated rings. The average molecular weight is 440 g/mol. The number of amides is 1. The Morgan fingerprint density at radius 1 is 1.19 bits per heavy atom. The number of nitro groups is 1. The van der Waals surface area contributed by atoms with Gasteiger partial charge in [-0.1, -0.05) is 11.8 Å². The Morgan fingerprint density at radius 2 is 1.90 bits per heavy atom. The maximum Gasteiger partial charge on any atom is 0.269 e. The lowest BCUT2D eigenvalue weighted by Crippen LogP contribution is -2.15. The van der Waals surface area contributed by atoms with Gasteiger partial charge in [-0.3, -0.25) is 19.7 Å². The minimum absolute atomic E-state index is 0.0442. The van der Waals surface area contributed by atoms with Gasteiger partial charge in [0.25, 0.3) is 11.2 Å². The fourth-order valence-electron chi connectivity index (χ4n) is 2.74. The first-order valence-corrected chi connectivity index (χ1v) is 9.80. The number of carbonyl (C=O) groups excluding carboxylic acids is 1. The summed E-state index contributed by atoms with van der Waals surface area (Å²) in [5, 5.41) is 18.0. The van der Waals surface area contributed by atoms with E-state index in [0.29, 0.717) is 11.4 Å². The van der Waals surface area contributed by atoms with Crippen molar-refractivity contribution in [2.75, 3.05) is 11.1 Å². The van der Waals surface area contributed by atoms with E-state index in [4.69, 9.17) is 0 Å². The lowest BCUT2D eigenvalue weighted by atomic mass is 10.3. The van der Waals surface area contributed by atoms with Crippen LogP contribution in [0.5, 0.6) is 0 Å². The standard InChI is InChI=1S/C19H13FN6O4S/c20-11-1-3-12(4-2-11)22-16(27)10-31-19-23-17-15(18(28)24-19)9-21-25(17)13-5-7-14(8-6-13)26(29)30/h1-9H,10H2,(H,22,27)(H,23,24,28). The molecule has 0 saturated heterocycles. The molecule has 2 aromatic carbocycles. The zero-order chi connectivity index (χ0) is 22.0. The van der Waals surface area contributed by atoms with Crippen LogP contribution >= 0.6 is 11.8 Å². The number of rotatable bonds is 6. The maximum atomic E-state index is 12.9. The lowest BCUT2D eigenvalue weighted by Gasteiger charge is -2.06. The van der Waals surface area contributed by atoms with Crippen LogP contribution in [0.2, 0.25) is 0 Å². The van der Waals surface area contributed by atoms with Gasteiger partial charge in [-0.05, 0) is 36.4 Å². The second-order valence-electron chi connectivity index (χ2n) is 6.28. The van der Waals surface area contributed by atoms with Gasteiger partial charge in [0.05, 0.1) is 22.6 Å². The van der Waals surface area contributed by atoms with Crippen molar-refractivity contribution in [1.82, 2.24) is 19.7 Å². The molecule has 0 aliphatic carbocycles. The van der Waals surface area contributed by atoms with Crippen LogP contribution in [-0.2, 0) is 4.79 Å². The molecule has 4 aromatic rings. The number of halogens is 1. The molecule has 2 heterocycles. The summed E-state index contributed by atoms with van der Waals surface area (Å²) >= 11 is 1.01. The third kappa shape index (κ3) is 4.43. The van der Waals surface area contributed by atoms with E-state index in [1.165, 1.54) is 59.4 Å². The van der Waals surface area contributed by atoms with E-state index >= 15 is 0 Å². The fourth-order valence-corrected chi connectivity index (χ4v) is 3.39. The van der Waals surface area contributed by atoms with E-state index in [0.717, 1.165) is 11.8 Å². The minimum atomic E-state index is -0.514. The molecule has 10 nitrogen and oxygen atoms in total. The molecule has 31 heavy (non-hydrogen) atoms. The average Bonchev–Trinajstić information content (AvgIpc) is 3.18. The molecule has 0 aliphatic rings. The van der Waals surface area contributed by atoms with Crippen LogP contribution in [0.3, 0.4) is 0 Å². The Labute approximate surface area is 177 Å². The normalized spacial score (nSPS) is 10.9. The summed E-state index contributed by atoms with van der Waals surface area (Å²) in [7, 11) is 0. The number of thioether (sulfide) groups is 1. The van der Waals surface area contributed by atoms with Crippen LogP contribution in [0.15, 0.2) is 64.7 Å². The molecule has 0 radical (unpaired) electrons. The highest BCUT2D eigenvalue weighted by Gasteiger charge is 2.14. The van der Waals surface area contributed by atoms with Crippen molar-refractivity contribution in [3.63, 3.8) is 0 Å². The number of nitro benzene ring substituents is 1. The molecule has 0 bridgehead atoms. The Balaban J connectivity index is 1.54. The van der Waals surface area contributed by atoms with E-state index in [-0.39, 0.29) is 33.5 Å². The quantitative estimate of drug-likeness (QED) is 0.204. The number of nitrogens with zero attached hydrogens (tertiary/aromatic N) is 4. The number of hydrogen-bond donors (Lipinski definition) is 2. The van der Waals surface area contributed by atoms with Gasteiger partial charge in [0.15, 0.2) is 10.8 Å². The first kappa shape index (κ1) is 20.2. The van der Waals surface area contributed by atoms with Gasteiger partial charge in [-0.2, -0.15) is 5.10 Å². The smallest absolute Gasteiger partial charge is 0.269 e. The molecule has 2 N–H and O–H groups in total. The number of aromatic nitrogens is 4. The summed E-state index contributed by atoms with van der Waals surface area (Å²) in [6, 6.07) is 11.0. The fraction of sp³-hybridized carbons (Fsp3) is 0.0526. The minimum Gasteiger partial charge on any atom is -0.325 e. The van der Waals surface area contributed by atoms with Crippen molar-refractivity contribution in [3.8, 4) is 5.69 Å². The second-order valence-corrected chi connectivity index (χ2v) is 7.25. The van der Waals surface area contributed by atoms with Gasteiger partial charge in [-0.25, -0.2) is 14.1 Å². The molecule has 4 rings (SSSR count). The number of hydrogen-bond acceptors (Lipinski definition) is 7. The summed E-state index contributed by atoms with van der Waals surface area (Å²) in [6.45, 7) is 0. The topological polar surface area (TPSA) is 136 Å². The Morgan fingerprint density at radius 3 is 2.58 bits per heavy atom. The Hall–Kier alpha value is -4.06. The summed E-state index contributed by atoms with van der Waals surface area (Å²) in [5.41, 5.74) is 0.678. The number of non-ortho nitro benzene ring substituents is 1. The van der Waals surface area contributed by atoms with Gasteiger partial charge >= 0.3 is 0 Å². The first-order chi connectivity index (χ1) is 14.9. The van der Waals surface area contributed by atoms with Gasteiger partial charge in [0.1, 0.15) is 11.2 Å². The van der Waals surface area contributed by atoms with E-state index in [2.05, 4.69) is 20.4 Å². The zero-order valence-electron chi connectivity index (χ0n) is 15.6. The van der Waals surface area contributed by atoms with Crippen molar-refractivity contribution in [2.45, 2.75) is 5.16 Å². The number of aromatic amines is 1. The van der Waals surface area contributed by atoms with Crippen LogP contribution in [-0.4, -0.2) is 36.3 Å². The van der Waals surface area contributed by atoms with Gasteiger partial charge in [0, 0.05) is 17.8 Å². The highest BCUT2D eigenvalue weighted by Crippen LogP contribution is 2.20. The van der Waals surface area contributed by atoms with Crippen LogP contribution < -0.4 is 10.9 Å². The van der Waals surface area contributed by atoms with E-state index < -0.39 is 16.3 Å². The Kier molecular flexibility index (Phi) is 5.45. The highest BCUT2D eigenvalue weighted by molar-refractivity contribution is 7.99. The molecular weight excluding hydrogens is 427 g/mol. The third-order valence-corrected chi connectivity index (χ3v) is 5.06. The molecule has 156 valence electrons. The molecule has 0 saturated carbocycles. The first-order valence-electron chi connectivity index (χ1n) is 8.82. The molecule has 0 unspecified atom stereocenters. The van der Waals surface area contributed by atoms with E-state index in [1.807, 2.05) is 0 Å². The monoisotopic (exact) mass is 440 g/mol. The predicted octanol–water partition coefficient (Wildman–Crippen LogP) is 2.89. The number of H-pyrrole nitrogens is 1. The van der Waals surface area contributed by atoms with Crippen LogP contribution in [0.4, 0.5) is 15.8 Å². The van der Waals surface area contributed by atoms with Crippen LogP contribution in [0.25, 0.3) is 16.7 Å². The van der Waals surface area contributed by atoms with E-state index in [1.54, 1.807) is 0 Å². The van der Waals surface area contributed by atoms with Crippen molar-refractivity contribution < 1.29 is 14.1 Å². The molecule has 2 aromatic heterocycles. The Bertz CT molecular complexity index is 1330. The van der Waals surface area contributed by atoms with Crippen molar-refractivity contribution in [2.24, 2.45) is 0 Å². The van der Waals surface area contributed by atoms with Crippen molar-refractivity contribution in [3.05, 3.63) is 81.0 Å². The predicted molar refractivity (Wildman–Crippen MR) is 112 cm³/mol. The van der Waals surface area contributed by atoms with Crippen molar-refractivity contribution in [1.29, 1.82) is 0 Å². The molecule has 12 heteroatoms. The summed E-state index contributed by atoms with van der Waals surface area (Å²) in [5.74, 6) is -0.812. The zero-order valence-corrected chi connectivity index (χ0v) is 16.4. The largest absolute Gasteiger partial charge is 0.325 e. The van der Waals surface area contributed by atoms with Gasteiger partial charge in [0.2, 0.25) is 5.91 Å². The second kappa shape index (κ2) is 8.36. The van der Waals surface area contributed by atoms with E-state index in [9.17, 15) is 24.1 Å². The number of carbonyl (C=O) groups is 1. The number of anilines is 1. The van der Waals surface area contributed by atoms with Gasteiger partial charge < -0.3 is 10.3 Å². The van der Waals surface area contributed by atoms with Crippen LogP contribution in [0.1, 0.15) is 0 Å². The number of benzene rings is 2. The molecular formula is C19H13FN6O4S. The lowest BCUT2D eigenvalue weighted by molar-refractivity contribution is -0.384. The van der Waals surface area contributed by atoms with Crippen LogP contribution in [0, 0.1) is 15.9 Å². The summed E-state index contributed by atoms with van der Waals surface area (Å²) in [4.78, 5) is 41.8. The maximum absolute atomic E-state index is 12.9. The molecule has 1 amide bonds. The molecule has 0 aliphatic heterocycles. The number of nitrogens with one attached hydrogen (secondary N) is 2. The SMILES string of the molecule is O=C(CSc1nc2c(cnn2-c2ccc([N+](=O)[O-])cc2)c(=O)[nH]1)Nc1ccc(F)cc1. The highest BCUT2D eigenvalue weighted by atomic mass is 32.2. The van der Waals surface area contributed by atoms with Gasteiger partial charge in [-0.15, -0.1) is 0 Å². The molecule has 0 spiro atoms. The number of fused-ring (bicyclic) bond motifs is 1. The molecule has 0 atom stereocenters. The summed E-state index contributed by atoms with van der Waals surface area (Å²) in [6.07, 6.45) is 1.35.